The van der Waals surface area contributed by atoms with Gasteiger partial charge in [-0.2, -0.15) is 5.26 Å². The number of nitrogens with zero attached hydrogens (tertiary/aromatic N) is 3. The molecule has 1 N–H and O–H groups in total. The zero-order chi connectivity index (χ0) is 46.2. The second kappa shape index (κ2) is 14.4. The van der Waals surface area contributed by atoms with Crippen molar-refractivity contribution >= 4 is 115 Å². The summed E-state index contributed by atoms with van der Waals surface area (Å²) in [6.07, 6.45) is 1.35. The normalized spacial score (nSPS) is 12.0. The molecule has 0 saturated carbocycles. The second-order valence-electron chi connectivity index (χ2n) is 18.3. The van der Waals surface area contributed by atoms with Gasteiger partial charge >= 0.3 is 0 Å². The van der Waals surface area contributed by atoms with Gasteiger partial charge in [-0.25, -0.2) is 0 Å². The van der Waals surface area contributed by atoms with Crippen molar-refractivity contribution in [3.05, 3.63) is 217 Å². The average Bonchev–Trinajstić information content (AvgIpc) is 4.17. The Morgan fingerprint density at radius 3 is 1.27 bits per heavy atom. The minimum absolute atomic E-state index is 0.425. The van der Waals surface area contributed by atoms with E-state index in [-0.39, 0.29) is 0 Å². The summed E-state index contributed by atoms with van der Waals surface area (Å²) in [5.74, 6) is 0. The van der Waals surface area contributed by atoms with Gasteiger partial charge in [-0.1, -0.05) is 121 Å². The highest BCUT2D eigenvalue weighted by atomic mass is 16.3. The molecule has 0 aliphatic heterocycles. The molecule has 15 aromatic rings. The van der Waals surface area contributed by atoms with Crippen molar-refractivity contribution in [3.8, 4) is 39.7 Å². The highest BCUT2D eigenvalue weighted by molar-refractivity contribution is 6.24. The molecular formula is C64H36N4O2. The van der Waals surface area contributed by atoms with Crippen molar-refractivity contribution in [2.24, 2.45) is 0 Å². The monoisotopic (exact) mass is 892 g/mol. The molecule has 4 heterocycles. The Bertz CT molecular complexity index is 4820. The van der Waals surface area contributed by atoms with Crippen LogP contribution in [0.1, 0.15) is 11.1 Å². The van der Waals surface area contributed by atoms with Crippen LogP contribution < -0.4 is 0 Å². The summed E-state index contributed by atoms with van der Waals surface area (Å²) in [7, 11) is 0. The molecule has 0 saturated heterocycles. The van der Waals surface area contributed by atoms with E-state index in [0.29, 0.717) is 11.1 Å². The van der Waals surface area contributed by atoms with Gasteiger partial charge in [-0.05, 0) is 129 Å². The zero-order valence-electron chi connectivity index (χ0n) is 37.4. The van der Waals surface area contributed by atoms with Crippen LogP contribution in [0.25, 0.3) is 143 Å². The number of nitriles is 1. The van der Waals surface area contributed by atoms with Crippen molar-refractivity contribution in [2.75, 3.05) is 0 Å². The van der Waals surface area contributed by atoms with Crippen LogP contribution in [0.4, 0.5) is 0 Å². The molecule has 0 spiro atoms. The average molecular weight is 893 g/mol. The van der Waals surface area contributed by atoms with Gasteiger partial charge in [0, 0.05) is 54.9 Å². The van der Waals surface area contributed by atoms with Crippen molar-refractivity contribution in [3.63, 3.8) is 0 Å². The van der Waals surface area contributed by atoms with Crippen LogP contribution in [0, 0.1) is 16.7 Å². The van der Waals surface area contributed by atoms with Gasteiger partial charge < -0.3 is 23.4 Å². The fraction of sp³-hybridized carbons (Fsp3) is 0. The summed E-state index contributed by atoms with van der Waals surface area (Å²) >= 11 is 0. The third-order valence-corrected chi connectivity index (χ3v) is 14.7. The molecule has 0 amide bonds. The molecule has 6 heteroatoms. The fourth-order valence-corrected chi connectivity index (χ4v) is 11.5. The lowest BCUT2D eigenvalue weighted by Crippen LogP contribution is -2.06. The molecule has 324 valence electrons. The molecule has 70 heavy (non-hydrogen) atoms. The van der Waals surface area contributed by atoms with E-state index in [1.807, 2.05) is 30.3 Å². The number of benzene rings is 11. The number of fused-ring (bicyclic) bond motifs is 16. The lowest BCUT2D eigenvalue weighted by molar-refractivity contribution is 0.668. The number of nitrogens with one attached hydrogen (secondary N) is 1. The first-order valence-electron chi connectivity index (χ1n) is 23.5. The first kappa shape index (κ1) is 38.4. The third-order valence-electron chi connectivity index (χ3n) is 14.7. The minimum Gasteiger partial charge on any atom is -0.456 e. The van der Waals surface area contributed by atoms with Gasteiger partial charge in [0.1, 0.15) is 28.4 Å². The fourth-order valence-electron chi connectivity index (χ4n) is 11.5. The Hall–Kier alpha value is -9.70. The Morgan fingerprint density at radius 1 is 0.371 bits per heavy atom. The van der Waals surface area contributed by atoms with Crippen LogP contribution in [0.5, 0.6) is 0 Å². The van der Waals surface area contributed by atoms with E-state index >= 15 is 0 Å². The molecule has 0 unspecified atom stereocenters. The molecule has 6 nitrogen and oxygen atoms in total. The largest absolute Gasteiger partial charge is 0.456 e. The van der Waals surface area contributed by atoms with Gasteiger partial charge in [0.15, 0.2) is 0 Å². The molecule has 15 rings (SSSR count). The molecule has 0 aliphatic carbocycles. The Labute approximate surface area is 399 Å². The van der Waals surface area contributed by atoms with Crippen molar-refractivity contribution < 1.29 is 8.83 Å². The number of rotatable bonds is 5. The SMILES string of the molecule is N#Cc1c(-n2c3ccc(-c4ccc5oc6ccccc6c5c4)cc3c3c4ccccc4ccc32)ccc(-n2c3ccc(-c4ccc5oc6ccccc6c5c4)cc3c3c4ccccc4ccc32)c1C=N. The molecule has 0 radical (unpaired) electrons. The predicted octanol–water partition coefficient (Wildman–Crippen LogP) is 17.2. The summed E-state index contributed by atoms with van der Waals surface area (Å²) in [6, 6.07) is 75.0. The van der Waals surface area contributed by atoms with E-state index in [2.05, 4.69) is 191 Å². The lowest BCUT2D eigenvalue weighted by atomic mass is 9.99. The van der Waals surface area contributed by atoms with E-state index in [1.165, 1.54) is 6.21 Å². The highest BCUT2D eigenvalue weighted by Gasteiger charge is 2.24. The Morgan fingerprint density at radius 2 is 0.771 bits per heavy atom. The Kier molecular flexibility index (Phi) is 7.90. The van der Waals surface area contributed by atoms with Gasteiger partial charge in [-0.3, -0.25) is 0 Å². The quantitative estimate of drug-likeness (QED) is 0.175. The summed E-state index contributed by atoms with van der Waals surface area (Å²) in [5.41, 5.74) is 14.2. The van der Waals surface area contributed by atoms with Gasteiger partial charge in [0.2, 0.25) is 0 Å². The number of furan rings is 2. The maximum atomic E-state index is 11.4. The highest BCUT2D eigenvalue weighted by Crippen LogP contribution is 2.44. The molecular weight excluding hydrogens is 857 g/mol. The number of hydrogen-bond donors (Lipinski definition) is 1. The molecule has 4 aromatic heterocycles. The molecule has 11 aromatic carbocycles. The number of aromatic nitrogens is 2. The topological polar surface area (TPSA) is 83.8 Å². The predicted molar refractivity (Wildman–Crippen MR) is 288 cm³/mol. The first-order valence-corrected chi connectivity index (χ1v) is 23.5. The van der Waals surface area contributed by atoms with Gasteiger partial charge in [-0.15, -0.1) is 0 Å². The summed E-state index contributed by atoms with van der Waals surface area (Å²) in [5, 5.41) is 33.8. The van der Waals surface area contributed by atoms with Gasteiger partial charge in [0.05, 0.1) is 39.0 Å². The van der Waals surface area contributed by atoms with Crippen LogP contribution in [-0.4, -0.2) is 15.3 Å². The van der Waals surface area contributed by atoms with E-state index in [9.17, 15) is 5.26 Å². The maximum absolute atomic E-state index is 11.4. The molecule has 0 aliphatic rings. The van der Waals surface area contributed by atoms with Crippen LogP contribution in [-0.2, 0) is 0 Å². The van der Waals surface area contributed by atoms with Crippen LogP contribution in [0.15, 0.2) is 215 Å². The number of para-hydroxylation sites is 2. The van der Waals surface area contributed by atoms with E-state index in [1.54, 1.807) is 0 Å². The smallest absolute Gasteiger partial charge is 0.135 e. The van der Waals surface area contributed by atoms with E-state index in [4.69, 9.17) is 14.2 Å². The number of hydrogen-bond acceptors (Lipinski definition) is 4. The third kappa shape index (κ3) is 5.34. The Balaban J connectivity index is 0.951. The summed E-state index contributed by atoms with van der Waals surface area (Å²) < 4.78 is 16.8. The van der Waals surface area contributed by atoms with E-state index in [0.717, 1.165) is 143 Å². The van der Waals surface area contributed by atoms with Crippen molar-refractivity contribution in [2.45, 2.75) is 0 Å². The second-order valence-corrected chi connectivity index (χ2v) is 18.3. The maximum Gasteiger partial charge on any atom is 0.135 e. The first-order chi connectivity index (χ1) is 34.6. The van der Waals surface area contributed by atoms with Crippen LogP contribution in [0.3, 0.4) is 0 Å². The van der Waals surface area contributed by atoms with E-state index < -0.39 is 0 Å². The van der Waals surface area contributed by atoms with Gasteiger partial charge in [0.25, 0.3) is 0 Å². The molecule has 0 bridgehead atoms. The summed E-state index contributed by atoms with van der Waals surface area (Å²) in [4.78, 5) is 0. The standard InChI is InChI=1S/C64H36N4O2/c65-35-51-52(36-66)56(68-54-24-20-40(34-50(54)64-44-12-4-2-10-38(44)18-26-58(64)68)42-22-30-62-48(32-42)46-14-6-8-16-60(46)70-62)28-27-55(51)67-53-23-19-39(33-49(53)63-43-11-3-1-9-37(43)17-25-57(63)67)41-21-29-61-47(31-41)45-13-5-7-15-59(45)69-61/h1-35,65H. The van der Waals surface area contributed by atoms with Crippen LogP contribution >= 0.6 is 0 Å². The molecule has 0 fully saturated rings. The van der Waals surface area contributed by atoms with Crippen molar-refractivity contribution in [1.82, 2.24) is 9.13 Å². The summed E-state index contributed by atoms with van der Waals surface area (Å²) in [6.45, 7) is 0. The zero-order valence-corrected chi connectivity index (χ0v) is 37.4. The minimum atomic E-state index is 0.425. The lowest BCUT2D eigenvalue weighted by Gasteiger charge is -2.17. The van der Waals surface area contributed by atoms with Crippen molar-refractivity contribution in [1.29, 1.82) is 10.7 Å². The van der Waals surface area contributed by atoms with Crippen LogP contribution in [0.2, 0.25) is 0 Å². The molecule has 0 atom stereocenters.